The molecule has 1 amide bonds. The van der Waals surface area contributed by atoms with E-state index >= 15 is 0 Å². The number of benzene rings is 1. The first-order chi connectivity index (χ1) is 17.9. The molecule has 8 heteroatoms. The van der Waals surface area contributed by atoms with Crippen LogP contribution in [0.25, 0.3) is 11.3 Å². The average molecular weight is 518 g/mol. The summed E-state index contributed by atoms with van der Waals surface area (Å²) in [6, 6.07) is 12.1. The highest BCUT2D eigenvalue weighted by molar-refractivity contribution is 5.73. The van der Waals surface area contributed by atoms with E-state index < -0.39 is 16.6 Å². The van der Waals surface area contributed by atoms with E-state index in [1.165, 1.54) is 5.56 Å². The SMILES string of the molecule is CC(=O)N1CCC(O)(c2cc(-c3cncc([C@@](O)(c4ccc(C(C)C)cc4)C4(C)CN(C)C4)c3)n[nH]2)CC1. The van der Waals surface area contributed by atoms with Gasteiger partial charge in [-0.15, -0.1) is 0 Å². The van der Waals surface area contributed by atoms with Crippen LogP contribution < -0.4 is 0 Å². The van der Waals surface area contributed by atoms with Crippen LogP contribution in [0.2, 0.25) is 0 Å². The first-order valence-electron chi connectivity index (χ1n) is 13.5. The number of hydrogen-bond donors (Lipinski definition) is 3. The summed E-state index contributed by atoms with van der Waals surface area (Å²) in [5.41, 5.74) is 2.17. The monoisotopic (exact) mass is 517 g/mol. The van der Waals surface area contributed by atoms with Crippen LogP contribution in [-0.4, -0.2) is 74.3 Å². The molecule has 0 unspecified atom stereocenters. The van der Waals surface area contributed by atoms with Gasteiger partial charge in [0, 0.05) is 62.0 Å². The number of likely N-dealkylation sites (tertiary alicyclic amines) is 2. The van der Waals surface area contributed by atoms with E-state index in [2.05, 4.69) is 60.0 Å². The predicted octanol–water partition coefficient (Wildman–Crippen LogP) is 3.61. The molecule has 0 radical (unpaired) electrons. The summed E-state index contributed by atoms with van der Waals surface area (Å²) in [6.45, 7) is 10.6. The number of carbonyl (C=O) groups is 1. The smallest absolute Gasteiger partial charge is 0.219 e. The largest absolute Gasteiger partial charge is 0.383 e. The quantitative estimate of drug-likeness (QED) is 0.461. The van der Waals surface area contributed by atoms with E-state index in [9.17, 15) is 15.0 Å². The van der Waals surface area contributed by atoms with Gasteiger partial charge in [-0.1, -0.05) is 45.0 Å². The Balaban J connectivity index is 1.49. The number of amides is 1. The average Bonchev–Trinajstić information content (AvgIpc) is 3.39. The van der Waals surface area contributed by atoms with Gasteiger partial charge < -0.3 is 20.0 Å². The van der Waals surface area contributed by atoms with Crippen molar-refractivity contribution in [3.8, 4) is 11.3 Å². The fourth-order valence-electron chi connectivity index (χ4n) is 6.29. The van der Waals surface area contributed by atoms with Gasteiger partial charge >= 0.3 is 0 Å². The Labute approximate surface area is 224 Å². The molecule has 3 aromatic rings. The molecular weight excluding hydrogens is 478 g/mol. The normalized spacial score (nSPS) is 20.7. The highest BCUT2D eigenvalue weighted by atomic mass is 16.3. The summed E-state index contributed by atoms with van der Waals surface area (Å²) in [5, 5.41) is 31.3. The Morgan fingerprint density at radius 1 is 1.08 bits per heavy atom. The minimum atomic E-state index is -1.24. The van der Waals surface area contributed by atoms with Crippen LogP contribution >= 0.6 is 0 Å². The molecule has 1 aromatic carbocycles. The minimum absolute atomic E-state index is 0.0259. The van der Waals surface area contributed by atoms with Crippen LogP contribution in [0.1, 0.15) is 68.8 Å². The summed E-state index contributed by atoms with van der Waals surface area (Å²) in [6.07, 6.45) is 4.39. The van der Waals surface area contributed by atoms with E-state index in [0.717, 1.165) is 29.8 Å². The number of rotatable bonds is 6. The molecule has 4 heterocycles. The summed E-state index contributed by atoms with van der Waals surface area (Å²) in [4.78, 5) is 20.2. The third-order valence-corrected chi connectivity index (χ3v) is 8.67. The summed E-state index contributed by atoms with van der Waals surface area (Å²) in [7, 11) is 2.07. The minimum Gasteiger partial charge on any atom is -0.383 e. The van der Waals surface area contributed by atoms with E-state index in [4.69, 9.17) is 0 Å². The lowest BCUT2D eigenvalue weighted by Gasteiger charge is -2.55. The number of piperidine rings is 1. The molecule has 0 spiro atoms. The summed E-state index contributed by atoms with van der Waals surface area (Å²) in [5.74, 6) is 0.434. The van der Waals surface area contributed by atoms with Crippen molar-refractivity contribution < 1.29 is 15.0 Å². The number of aromatic nitrogens is 3. The van der Waals surface area contributed by atoms with E-state index in [1.54, 1.807) is 24.2 Å². The zero-order chi connectivity index (χ0) is 27.3. The van der Waals surface area contributed by atoms with Crippen molar-refractivity contribution in [2.75, 3.05) is 33.2 Å². The number of nitrogens with one attached hydrogen (secondary N) is 1. The first-order valence-corrected chi connectivity index (χ1v) is 13.5. The molecule has 8 nitrogen and oxygen atoms in total. The third kappa shape index (κ3) is 4.44. The zero-order valence-electron chi connectivity index (χ0n) is 23.0. The molecule has 2 aromatic heterocycles. The van der Waals surface area contributed by atoms with E-state index in [-0.39, 0.29) is 5.91 Å². The number of nitrogens with zero attached hydrogens (tertiary/aromatic N) is 4. The molecule has 3 N–H and O–H groups in total. The lowest BCUT2D eigenvalue weighted by molar-refractivity contribution is -0.133. The molecule has 38 heavy (non-hydrogen) atoms. The maximum absolute atomic E-state index is 12.5. The predicted molar refractivity (Wildman–Crippen MR) is 146 cm³/mol. The van der Waals surface area contributed by atoms with Crippen molar-refractivity contribution in [1.82, 2.24) is 25.0 Å². The summed E-state index contributed by atoms with van der Waals surface area (Å²) >= 11 is 0. The number of carbonyl (C=O) groups excluding carboxylic acids is 1. The molecule has 0 aliphatic carbocycles. The number of hydrogen-bond acceptors (Lipinski definition) is 6. The Kier molecular flexibility index (Phi) is 6.70. The van der Waals surface area contributed by atoms with Crippen molar-refractivity contribution in [2.24, 2.45) is 5.41 Å². The third-order valence-electron chi connectivity index (χ3n) is 8.67. The van der Waals surface area contributed by atoms with Crippen molar-refractivity contribution in [3.05, 3.63) is 71.2 Å². The van der Waals surface area contributed by atoms with Gasteiger partial charge in [0.2, 0.25) is 5.91 Å². The van der Waals surface area contributed by atoms with Crippen molar-refractivity contribution in [3.63, 3.8) is 0 Å². The molecule has 0 saturated carbocycles. The zero-order valence-corrected chi connectivity index (χ0v) is 23.0. The molecule has 2 aliphatic rings. The second-order valence-electron chi connectivity index (χ2n) is 11.9. The molecule has 0 bridgehead atoms. The Hall–Kier alpha value is -3.07. The Morgan fingerprint density at radius 3 is 2.32 bits per heavy atom. The van der Waals surface area contributed by atoms with Crippen LogP contribution in [0.4, 0.5) is 0 Å². The van der Waals surface area contributed by atoms with E-state index in [0.29, 0.717) is 43.2 Å². The highest BCUT2D eigenvalue weighted by Crippen LogP contribution is 2.50. The first kappa shape index (κ1) is 26.5. The van der Waals surface area contributed by atoms with Crippen molar-refractivity contribution in [1.29, 1.82) is 0 Å². The van der Waals surface area contributed by atoms with Gasteiger partial charge in [-0.2, -0.15) is 5.10 Å². The molecular formula is C30H39N5O3. The van der Waals surface area contributed by atoms with Gasteiger partial charge in [0.1, 0.15) is 11.2 Å². The van der Waals surface area contributed by atoms with Gasteiger partial charge in [0.05, 0.1) is 11.4 Å². The fraction of sp³-hybridized carbons (Fsp3) is 0.500. The maximum Gasteiger partial charge on any atom is 0.219 e. The van der Waals surface area contributed by atoms with E-state index in [1.807, 2.05) is 24.3 Å². The topological polar surface area (TPSA) is 106 Å². The molecule has 1 atom stereocenters. The van der Waals surface area contributed by atoms with Gasteiger partial charge in [0.25, 0.3) is 0 Å². The molecule has 5 rings (SSSR count). The van der Waals surface area contributed by atoms with Crippen LogP contribution in [0.15, 0.2) is 48.8 Å². The van der Waals surface area contributed by atoms with Gasteiger partial charge in [0.15, 0.2) is 0 Å². The maximum atomic E-state index is 12.5. The highest BCUT2D eigenvalue weighted by Gasteiger charge is 2.55. The lowest BCUT2D eigenvalue weighted by atomic mass is 9.62. The van der Waals surface area contributed by atoms with Crippen molar-refractivity contribution >= 4 is 5.91 Å². The number of aromatic amines is 1. The fourth-order valence-corrected chi connectivity index (χ4v) is 6.29. The molecule has 202 valence electrons. The lowest BCUT2D eigenvalue weighted by Crippen LogP contribution is -2.63. The van der Waals surface area contributed by atoms with Crippen LogP contribution in [-0.2, 0) is 16.0 Å². The van der Waals surface area contributed by atoms with Crippen LogP contribution in [0.3, 0.4) is 0 Å². The Morgan fingerprint density at radius 2 is 1.74 bits per heavy atom. The number of aliphatic hydroxyl groups is 2. The summed E-state index contributed by atoms with van der Waals surface area (Å²) < 4.78 is 0. The number of pyridine rings is 1. The van der Waals surface area contributed by atoms with Crippen molar-refractivity contribution in [2.45, 2.75) is 57.7 Å². The molecule has 2 saturated heterocycles. The second-order valence-corrected chi connectivity index (χ2v) is 11.9. The molecule has 2 aliphatic heterocycles. The standard InChI is InChI=1S/C30H39N5O3/c1-20(2)22-6-8-24(9-7-22)30(38,28(4)18-34(5)19-28)25-14-23(16-31-17-25)26-15-27(33-32-26)29(37)10-12-35(13-11-29)21(3)36/h6-9,14-17,20,37-38H,10-13,18-19H2,1-5H3,(H,32,33)/t30-/m0/s1. The Bertz CT molecular complexity index is 1300. The van der Waals surface area contributed by atoms with Crippen LogP contribution in [0.5, 0.6) is 0 Å². The molecule has 2 fully saturated rings. The van der Waals surface area contributed by atoms with Gasteiger partial charge in [-0.3, -0.25) is 14.9 Å². The van der Waals surface area contributed by atoms with Gasteiger partial charge in [-0.25, -0.2) is 0 Å². The second kappa shape index (κ2) is 9.59. The van der Waals surface area contributed by atoms with Crippen LogP contribution in [0, 0.1) is 5.41 Å². The van der Waals surface area contributed by atoms with Gasteiger partial charge in [-0.05, 0) is 49.1 Å². The number of H-pyrrole nitrogens is 1.